The van der Waals surface area contributed by atoms with Gasteiger partial charge in [0, 0.05) is 0 Å². The number of rotatable bonds is 5. The fourth-order valence-corrected chi connectivity index (χ4v) is 2.67. The fourth-order valence-electron chi connectivity index (χ4n) is 2.67. The van der Waals surface area contributed by atoms with E-state index >= 15 is 0 Å². The van der Waals surface area contributed by atoms with Crippen LogP contribution in [0.25, 0.3) is 11.3 Å². The van der Waals surface area contributed by atoms with Crippen molar-refractivity contribution in [1.82, 2.24) is 14.8 Å². The number of carbonyl (C=O) groups is 1. The summed E-state index contributed by atoms with van der Waals surface area (Å²) in [7, 11) is 0. The molecule has 0 atom stereocenters. The zero-order chi connectivity index (χ0) is 21.0. The van der Waals surface area contributed by atoms with Crippen molar-refractivity contribution in [2.75, 3.05) is 5.32 Å². The molecule has 150 valence electrons. The molecule has 29 heavy (non-hydrogen) atoms. The fraction of sp³-hybridized carbons (Fsp3) is 0.190. The van der Waals surface area contributed by atoms with Crippen LogP contribution in [-0.4, -0.2) is 20.7 Å². The predicted molar refractivity (Wildman–Crippen MR) is 104 cm³/mol. The number of hydrogen-bond acceptors (Lipinski definition) is 3. The van der Waals surface area contributed by atoms with E-state index < -0.39 is 11.9 Å². The summed E-state index contributed by atoms with van der Waals surface area (Å²) in [6.45, 7) is 3.42. The number of pyridine rings is 1. The summed E-state index contributed by atoms with van der Waals surface area (Å²) in [5.41, 5.74) is 0.969. The monoisotopic (exact) mass is 400 g/mol. The van der Waals surface area contributed by atoms with Gasteiger partial charge in [-0.25, -0.2) is 9.67 Å². The Kier molecular flexibility index (Phi) is 5.81. The van der Waals surface area contributed by atoms with Gasteiger partial charge in [-0.05, 0) is 43.2 Å². The molecule has 8 heteroatoms. The van der Waals surface area contributed by atoms with Crippen molar-refractivity contribution in [1.29, 1.82) is 0 Å². The Morgan fingerprint density at radius 1 is 1.17 bits per heavy atom. The van der Waals surface area contributed by atoms with Gasteiger partial charge < -0.3 is 5.32 Å². The average molecular weight is 400 g/mol. The lowest BCUT2D eigenvalue weighted by Crippen LogP contribution is -2.16. The number of nitrogens with one attached hydrogen (secondary N) is 1. The number of alkyl halides is 3. The lowest BCUT2D eigenvalue weighted by atomic mass is 10.1. The molecule has 2 aromatic heterocycles. The van der Waals surface area contributed by atoms with Crippen LogP contribution in [0.15, 0.2) is 60.8 Å². The summed E-state index contributed by atoms with van der Waals surface area (Å²) in [5, 5.41) is 6.70. The summed E-state index contributed by atoms with van der Waals surface area (Å²) >= 11 is 0. The Bertz CT molecular complexity index is 1020. The molecule has 0 unspecified atom stereocenters. The number of carbonyl (C=O) groups excluding carboxylic acids is 1. The van der Waals surface area contributed by atoms with E-state index in [-0.39, 0.29) is 29.5 Å². The van der Waals surface area contributed by atoms with Crippen LogP contribution in [0.4, 0.5) is 19.0 Å². The first kappa shape index (κ1) is 20.3. The summed E-state index contributed by atoms with van der Waals surface area (Å²) in [5.74, 6) is -0.0160. The first-order valence-corrected chi connectivity index (χ1v) is 8.88. The summed E-state index contributed by atoms with van der Waals surface area (Å²) in [4.78, 5) is 16.2. The van der Waals surface area contributed by atoms with Crippen LogP contribution in [0.2, 0.25) is 0 Å². The first-order chi connectivity index (χ1) is 13.8. The number of allylic oxidation sites excluding steroid dienone is 2. The molecule has 0 aliphatic rings. The second kappa shape index (κ2) is 8.30. The molecule has 0 spiro atoms. The van der Waals surface area contributed by atoms with Gasteiger partial charge in [-0.1, -0.05) is 36.4 Å². The smallest absolute Gasteiger partial charge is 0.310 e. The minimum atomic E-state index is -4.57. The van der Waals surface area contributed by atoms with Crippen molar-refractivity contribution in [3.63, 3.8) is 0 Å². The largest absolute Gasteiger partial charge is 0.433 e. The zero-order valence-electron chi connectivity index (χ0n) is 15.9. The highest BCUT2D eigenvalue weighted by Gasteiger charge is 2.36. The number of aromatic nitrogens is 3. The van der Waals surface area contributed by atoms with Gasteiger partial charge in [0.05, 0.1) is 24.0 Å². The van der Waals surface area contributed by atoms with Gasteiger partial charge in [-0.3, -0.25) is 4.79 Å². The van der Waals surface area contributed by atoms with Crippen molar-refractivity contribution in [2.24, 2.45) is 0 Å². The summed E-state index contributed by atoms with van der Waals surface area (Å²) in [6.07, 6.45) is -1.46. The highest BCUT2D eigenvalue weighted by Crippen LogP contribution is 2.33. The minimum absolute atomic E-state index is 0.147. The van der Waals surface area contributed by atoms with E-state index in [1.54, 1.807) is 19.9 Å². The first-order valence-electron chi connectivity index (χ1n) is 8.88. The molecular weight excluding hydrogens is 381 g/mol. The lowest BCUT2D eigenvalue weighted by Gasteiger charge is -2.10. The highest BCUT2D eigenvalue weighted by molar-refractivity contribution is 5.91. The molecule has 0 saturated carbocycles. The Morgan fingerprint density at radius 3 is 2.48 bits per heavy atom. The van der Waals surface area contributed by atoms with Gasteiger partial charge in [0.25, 0.3) is 0 Å². The van der Waals surface area contributed by atoms with Gasteiger partial charge in [-0.15, -0.1) is 0 Å². The number of halogens is 3. The lowest BCUT2D eigenvalue weighted by molar-refractivity contribution is -0.142. The Hall–Kier alpha value is -3.42. The van der Waals surface area contributed by atoms with Gasteiger partial charge in [0.1, 0.15) is 11.5 Å². The molecule has 0 saturated heterocycles. The van der Waals surface area contributed by atoms with Crippen LogP contribution >= 0.6 is 0 Å². The van der Waals surface area contributed by atoms with E-state index in [9.17, 15) is 18.0 Å². The number of amides is 1. The molecule has 0 aliphatic heterocycles. The van der Waals surface area contributed by atoms with Gasteiger partial charge in [0.2, 0.25) is 5.91 Å². The molecule has 0 fully saturated rings. The molecule has 3 aromatic rings. The molecular formula is C21H19F3N4O. The molecule has 5 nitrogen and oxygen atoms in total. The van der Waals surface area contributed by atoms with Crippen LogP contribution < -0.4 is 5.32 Å². The Balaban J connectivity index is 1.81. The minimum Gasteiger partial charge on any atom is -0.310 e. The van der Waals surface area contributed by atoms with Crippen molar-refractivity contribution in [2.45, 2.75) is 26.4 Å². The second-order valence-electron chi connectivity index (χ2n) is 6.41. The van der Waals surface area contributed by atoms with Crippen molar-refractivity contribution in [3.8, 4) is 5.69 Å². The molecule has 0 aliphatic carbocycles. The van der Waals surface area contributed by atoms with Gasteiger partial charge in [-0.2, -0.15) is 18.3 Å². The zero-order valence-corrected chi connectivity index (χ0v) is 15.9. The summed E-state index contributed by atoms with van der Waals surface area (Å²) in [6, 6.07) is 13.1. The van der Waals surface area contributed by atoms with Crippen LogP contribution in [0.3, 0.4) is 0 Å². The predicted octanol–water partition coefficient (Wildman–Crippen LogP) is 4.89. The van der Waals surface area contributed by atoms with E-state index in [4.69, 9.17) is 0 Å². The highest BCUT2D eigenvalue weighted by atomic mass is 19.4. The maximum Gasteiger partial charge on any atom is 0.433 e. The Morgan fingerprint density at radius 2 is 1.90 bits per heavy atom. The molecule has 0 bridgehead atoms. The van der Waals surface area contributed by atoms with Crippen LogP contribution in [0, 0.1) is 0 Å². The molecule has 1 aromatic carbocycles. The molecule has 1 N–H and O–H groups in total. The summed E-state index contributed by atoms with van der Waals surface area (Å²) < 4.78 is 41.1. The third-order valence-corrected chi connectivity index (χ3v) is 4.30. The van der Waals surface area contributed by atoms with Crippen LogP contribution in [-0.2, 0) is 17.4 Å². The quantitative estimate of drug-likeness (QED) is 0.663. The number of nitrogens with zero attached hydrogens (tertiary/aromatic N) is 3. The normalized spacial score (nSPS) is 12.1. The third kappa shape index (κ3) is 4.90. The number of benzene rings is 1. The molecule has 0 radical (unpaired) electrons. The molecule has 3 rings (SSSR count). The molecule has 1 amide bonds. The SMILES string of the molecule is C/C=C(\C)c1cc(C(F)(F)F)n(-c2ccc(NC(=O)Cc3ccccc3)nc2)n1. The van der Waals surface area contributed by atoms with Crippen LogP contribution in [0.5, 0.6) is 0 Å². The van der Waals surface area contributed by atoms with E-state index in [1.807, 2.05) is 30.3 Å². The topological polar surface area (TPSA) is 59.8 Å². The van der Waals surface area contributed by atoms with Crippen molar-refractivity contribution >= 4 is 17.3 Å². The van der Waals surface area contributed by atoms with E-state index in [1.165, 1.54) is 18.3 Å². The maximum atomic E-state index is 13.4. The van der Waals surface area contributed by atoms with Gasteiger partial charge >= 0.3 is 6.18 Å². The van der Waals surface area contributed by atoms with Crippen molar-refractivity contribution < 1.29 is 18.0 Å². The standard InChI is InChI=1S/C21H19F3N4O/c1-3-14(2)17-12-18(21(22,23)24)28(27-17)16-9-10-19(25-13-16)26-20(29)11-15-7-5-4-6-8-15/h3-10,12-13H,11H2,1-2H3,(H,25,26,29)/b14-3+. The van der Waals surface area contributed by atoms with Gasteiger partial charge in [0.15, 0.2) is 0 Å². The Labute approximate surface area is 165 Å². The number of anilines is 1. The van der Waals surface area contributed by atoms with Crippen LogP contribution in [0.1, 0.15) is 30.8 Å². The number of hydrogen-bond donors (Lipinski definition) is 1. The maximum absolute atomic E-state index is 13.4. The molecule has 2 heterocycles. The van der Waals surface area contributed by atoms with E-state index in [0.717, 1.165) is 16.3 Å². The average Bonchev–Trinajstić information content (AvgIpc) is 3.14. The third-order valence-electron chi connectivity index (χ3n) is 4.30. The van der Waals surface area contributed by atoms with E-state index in [0.29, 0.717) is 5.57 Å². The second-order valence-corrected chi connectivity index (χ2v) is 6.41. The van der Waals surface area contributed by atoms with E-state index in [2.05, 4.69) is 15.4 Å². The van der Waals surface area contributed by atoms with Crippen molar-refractivity contribution in [3.05, 3.63) is 77.8 Å².